The average molecular weight is 314 g/mol. The summed E-state index contributed by atoms with van der Waals surface area (Å²) in [6.07, 6.45) is 1.20. The van der Waals surface area contributed by atoms with E-state index in [4.69, 9.17) is 4.42 Å². The number of pyridine rings is 1. The third-order valence-corrected chi connectivity index (χ3v) is 3.70. The zero-order valence-corrected chi connectivity index (χ0v) is 12.3. The van der Waals surface area contributed by atoms with Crippen molar-refractivity contribution in [1.82, 2.24) is 15.2 Å². The molecule has 0 atom stereocenters. The second-order valence-corrected chi connectivity index (χ2v) is 5.37. The Labute approximate surface area is 129 Å². The van der Waals surface area contributed by atoms with Crippen LogP contribution >= 0.6 is 11.8 Å². The van der Waals surface area contributed by atoms with E-state index < -0.39 is 4.92 Å². The minimum absolute atomic E-state index is 0.0597. The topological polar surface area (TPSA) is 95.0 Å². The summed E-state index contributed by atoms with van der Waals surface area (Å²) >= 11 is 1.16. The van der Waals surface area contributed by atoms with Gasteiger partial charge in [-0.1, -0.05) is 18.2 Å². The Bertz CT molecular complexity index is 817. The second kappa shape index (κ2) is 5.94. The van der Waals surface area contributed by atoms with E-state index in [1.807, 2.05) is 31.2 Å². The molecule has 0 radical (unpaired) electrons. The third-order valence-electron chi connectivity index (χ3n) is 2.91. The molecule has 2 heterocycles. The number of hydrogen-bond donors (Lipinski definition) is 0. The van der Waals surface area contributed by atoms with Crippen molar-refractivity contribution in [2.24, 2.45) is 0 Å². The van der Waals surface area contributed by atoms with E-state index in [0.717, 1.165) is 22.9 Å². The molecule has 0 aliphatic heterocycles. The Morgan fingerprint density at radius 3 is 2.68 bits per heavy atom. The molecule has 0 unspecified atom stereocenters. The van der Waals surface area contributed by atoms with Crippen molar-refractivity contribution < 1.29 is 9.34 Å². The lowest BCUT2D eigenvalue weighted by Crippen LogP contribution is -1.89. The van der Waals surface area contributed by atoms with Gasteiger partial charge in [-0.3, -0.25) is 10.1 Å². The Morgan fingerprint density at radius 1 is 1.18 bits per heavy atom. The lowest BCUT2D eigenvalue weighted by molar-refractivity contribution is -0.385. The summed E-state index contributed by atoms with van der Waals surface area (Å²) in [7, 11) is 0. The predicted molar refractivity (Wildman–Crippen MR) is 79.5 cm³/mol. The molecule has 3 aromatic rings. The highest BCUT2D eigenvalue weighted by Crippen LogP contribution is 2.29. The fourth-order valence-corrected chi connectivity index (χ4v) is 2.43. The highest BCUT2D eigenvalue weighted by molar-refractivity contribution is 7.99. The van der Waals surface area contributed by atoms with Crippen molar-refractivity contribution >= 4 is 17.4 Å². The number of rotatable bonds is 4. The van der Waals surface area contributed by atoms with Crippen molar-refractivity contribution in [2.75, 3.05) is 0 Å². The molecule has 0 N–H and O–H groups in total. The Morgan fingerprint density at radius 2 is 2.00 bits per heavy atom. The second-order valence-electron chi connectivity index (χ2n) is 4.40. The van der Waals surface area contributed by atoms with Crippen molar-refractivity contribution in [3.63, 3.8) is 0 Å². The number of aromatic nitrogens is 3. The number of benzene rings is 1. The van der Waals surface area contributed by atoms with Crippen molar-refractivity contribution in [1.29, 1.82) is 0 Å². The molecule has 0 aliphatic carbocycles. The van der Waals surface area contributed by atoms with Gasteiger partial charge in [0.1, 0.15) is 11.2 Å². The van der Waals surface area contributed by atoms with Crippen LogP contribution in [-0.2, 0) is 0 Å². The first-order chi connectivity index (χ1) is 10.6. The van der Waals surface area contributed by atoms with E-state index in [2.05, 4.69) is 15.2 Å². The minimum Gasteiger partial charge on any atom is -0.411 e. The number of nitrogens with zero attached hydrogens (tertiary/aromatic N) is 4. The first-order valence-electron chi connectivity index (χ1n) is 6.31. The van der Waals surface area contributed by atoms with Crippen molar-refractivity contribution in [3.8, 4) is 11.5 Å². The molecule has 8 heteroatoms. The molecule has 2 aromatic heterocycles. The Kier molecular flexibility index (Phi) is 3.84. The number of aryl methyl sites for hydroxylation is 1. The fourth-order valence-electron chi connectivity index (χ4n) is 1.80. The number of nitro groups is 1. The van der Waals surface area contributed by atoms with Gasteiger partial charge in [-0.2, -0.15) is 0 Å². The van der Waals surface area contributed by atoms with Gasteiger partial charge >= 0.3 is 0 Å². The summed E-state index contributed by atoms with van der Waals surface area (Å²) in [5.74, 6) is 0.433. The standard InChI is InChI=1S/C14H10N4O3S/c1-9-4-2-3-5-11(9)13-16-17-14(21-13)22-12-7-6-10(8-15-12)18(19)20/h2-8H,1H3. The highest BCUT2D eigenvalue weighted by atomic mass is 32.2. The van der Waals surface area contributed by atoms with Gasteiger partial charge in [0.15, 0.2) is 0 Å². The largest absolute Gasteiger partial charge is 0.411 e. The molecule has 0 amide bonds. The zero-order valence-electron chi connectivity index (χ0n) is 11.5. The zero-order chi connectivity index (χ0) is 15.5. The van der Waals surface area contributed by atoms with Crippen molar-refractivity contribution in [3.05, 3.63) is 58.3 Å². The van der Waals surface area contributed by atoms with Crippen LogP contribution in [0, 0.1) is 17.0 Å². The summed E-state index contributed by atoms with van der Waals surface area (Å²) in [6.45, 7) is 1.96. The summed E-state index contributed by atoms with van der Waals surface area (Å²) in [5.41, 5.74) is 1.85. The monoisotopic (exact) mass is 314 g/mol. The van der Waals surface area contributed by atoms with Gasteiger partial charge in [0.05, 0.1) is 4.92 Å². The summed E-state index contributed by atoms with van der Waals surface area (Å²) < 4.78 is 5.60. The number of hydrogen-bond acceptors (Lipinski definition) is 7. The van der Waals surface area contributed by atoms with E-state index in [1.54, 1.807) is 6.07 Å². The van der Waals surface area contributed by atoms with Gasteiger partial charge in [-0.15, -0.1) is 10.2 Å². The lowest BCUT2D eigenvalue weighted by Gasteiger charge is -1.98. The van der Waals surface area contributed by atoms with Crippen LogP contribution in [0.4, 0.5) is 5.69 Å². The van der Waals surface area contributed by atoms with Crippen LogP contribution < -0.4 is 0 Å². The van der Waals surface area contributed by atoms with Crippen LogP contribution in [-0.4, -0.2) is 20.1 Å². The normalized spacial score (nSPS) is 10.6. The van der Waals surface area contributed by atoms with Crippen molar-refractivity contribution in [2.45, 2.75) is 17.2 Å². The van der Waals surface area contributed by atoms with Gasteiger partial charge in [-0.25, -0.2) is 4.98 Å². The van der Waals surface area contributed by atoms with Crippen LogP contribution in [0.15, 0.2) is 57.3 Å². The molecule has 0 saturated heterocycles. The first kappa shape index (κ1) is 14.2. The van der Waals surface area contributed by atoms with Gasteiger partial charge in [0, 0.05) is 11.6 Å². The molecule has 0 spiro atoms. The van der Waals surface area contributed by atoms with Gasteiger partial charge in [0.2, 0.25) is 5.89 Å². The quantitative estimate of drug-likeness (QED) is 0.537. The minimum atomic E-state index is -0.496. The van der Waals surface area contributed by atoms with Crippen LogP contribution in [0.5, 0.6) is 0 Å². The smallest absolute Gasteiger partial charge is 0.287 e. The third kappa shape index (κ3) is 2.96. The van der Waals surface area contributed by atoms with E-state index in [0.29, 0.717) is 16.1 Å². The SMILES string of the molecule is Cc1ccccc1-c1nnc(Sc2ccc([N+](=O)[O-])cn2)o1. The summed E-state index contributed by atoms with van der Waals surface area (Å²) in [5, 5.41) is 19.4. The first-order valence-corrected chi connectivity index (χ1v) is 7.13. The van der Waals surface area contributed by atoms with Gasteiger partial charge in [-0.05, 0) is 36.4 Å². The van der Waals surface area contributed by atoms with Crippen LogP contribution in [0.2, 0.25) is 0 Å². The maximum atomic E-state index is 10.6. The average Bonchev–Trinajstić information content (AvgIpc) is 2.96. The maximum Gasteiger partial charge on any atom is 0.287 e. The molecule has 110 valence electrons. The molecule has 0 aliphatic rings. The molecule has 7 nitrogen and oxygen atoms in total. The molecule has 0 bridgehead atoms. The highest BCUT2D eigenvalue weighted by Gasteiger charge is 2.13. The van der Waals surface area contributed by atoms with Crippen LogP contribution in [0.1, 0.15) is 5.56 Å². The Hall–Kier alpha value is -2.74. The molecular weight excluding hydrogens is 304 g/mol. The summed E-state index contributed by atoms with van der Waals surface area (Å²) in [6, 6.07) is 10.6. The molecule has 22 heavy (non-hydrogen) atoms. The lowest BCUT2D eigenvalue weighted by atomic mass is 10.1. The Balaban J connectivity index is 1.80. The fraction of sp³-hybridized carbons (Fsp3) is 0.0714. The molecular formula is C14H10N4O3S. The molecule has 0 saturated carbocycles. The van der Waals surface area contributed by atoms with E-state index in [9.17, 15) is 10.1 Å². The van der Waals surface area contributed by atoms with Gasteiger partial charge in [0.25, 0.3) is 10.9 Å². The maximum absolute atomic E-state index is 10.6. The van der Waals surface area contributed by atoms with E-state index in [-0.39, 0.29) is 5.69 Å². The van der Waals surface area contributed by atoms with E-state index >= 15 is 0 Å². The van der Waals surface area contributed by atoms with Gasteiger partial charge < -0.3 is 4.42 Å². The summed E-state index contributed by atoms with van der Waals surface area (Å²) in [4.78, 5) is 14.1. The van der Waals surface area contributed by atoms with E-state index in [1.165, 1.54) is 12.3 Å². The van der Waals surface area contributed by atoms with Crippen LogP contribution in [0.3, 0.4) is 0 Å². The predicted octanol–water partition coefficient (Wildman–Crippen LogP) is 3.50. The van der Waals surface area contributed by atoms with Crippen LogP contribution in [0.25, 0.3) is 11.5 Å². The molecule has 0 fully saturated rings. The molecule has 1 aromatic carbocycles. The molecule has 3 rings (SSSR count).